The number of hydrogen-bond donors (Lipinski definition) is 1. The number of aromatic nitrogens is 2. The Bertz CT molecular complexity index is 629. The molecule has 0 radical (unpaired) electrons. The molecule has 4 nitrogen and oxygen atoms in total. The van der Waals surface area contributed by atoms with Crippen LogP contribution in [0.2, 0.25) is 0 Å². The summed E-state index contributed by atoms with van der Waals surface area (Å²) >= 11 is 0. The summed E-state index contributed by atoms with van der Waals surface area (Å²) in [4.78, 5) is 0. The van der Waals surface area contributed by atoms with Crippen LogP contribution in [0.25, 0.3) is 0 Å². The van der Waals surface area contributed by atoms with E-state index in [0.717, 1.165) is 12.1 Å². The van der Waals surface area contributed by atoms with Gasteiger partial charge >= 0.3 is 6.18 Å². The molecule has 0 atom stereocenters. The molecular weight excluding hydrogens is 269 g/mol. The molecule has 0 aliphatic heterocycles. The van der Waals surface area contributed by atoms with Crippen molar-refractivity contribution in [3.63, 3.8) is 0 Å². The lowest BCUT2D eigenvalue weighted by molar-refractivity contribution is -0.137. The summed E-state index contributed by atoms with van der Waals surface area (Å²) in [6.45, 7) is 0.255. The fourth-order valence-corrected chi connectivity index (χ4v) is 1.55. The number of nitrogens with one attached hydrogen (secondary N) is 1. The molecule has 0 spiro atoms. The second kappa shape index (κ2) is 5.57. The molecule has 20 heavy (non-hydrogen) atoms. The number of nitriles is 1. The molecule has 0 aliphatic rings. The fourth-order valence-electron chi connectivity index (χ4n) is 1.55. The Hall–Kier alpha value is -2.62. The first-order chi connectivity index (χ1) is 9.50. The van der Waals surface area contributed by atoms with E-state index >= 15 is 0 Å². The minimum absolute atomic E-state index is 0.255. The highest BCUT2D eigenvalue weighted by atomic mass is 19.4. The molecule has 0 saturated carbocycles. The molecule has 0 bridgehead atoms. The van der Waals surface area contributed by atoms with Gasteiger partial charge in [0.2, 0.25) is 0 Å². The van der Waals surface area contributed by atoms with Crippen molar-refractivity contribution in [3.8, 4) is 6.07 Å². The van der Waals surface area contributed by atoms with Gasteiger partial charge in [-0.25, -0.2) is 0 Å². The number of hydrogen-bond acceptors (Lipinski definition) is 4. The van der Waals surface area contributed by atoms with Gasteiger partial charge in [-0.1, -0.05) is 12.1 Å². The minimum Gasteiger partial charge on any atom is -0.363 e. The van der Waals surface area contributed by atoms with Crippen molar-refractivity contribution in [2.45, 2.75) is 12.7 Å². The summed E-state index contributed by atoms with van der Waals surface area (Å²) in [7, 11) is 0. The van der Waals surface area contributed by atoms with Gasteiger partial charge in [0, 0.05) is 6.54 Å². The number of halogens is 3. The maximum Gasteiger partial charge on any atom is 0.416 e. The average molecular weight is 278 g/mol. The first-order valence-corrected chi connectivity index (χ1v) is 5.62. The zero-order chi connectivity index (χ0) is 14.6. The molecule has 1 aromatic carbocycles. The highest BCUT2D eigenvalue weighted by Crippen LogP contribution is 2.29. The number of nitrogens with zero attached hydrogens (tertiary/aromatic N) is 3. The highest BCUT2D eigenvalue weighted by Gasteiger charge is 2.29. The van der Waals surface area contributed by atoms with Crippen LogP contribution in [0, 0.1) is 11.3 Å². The summed E-state index contributed by atoms with van der Waals surface area (Å²) in [5.74, 6) is 0.301. The van der Waals surface area contributed by atoms with Crippen LogP contribution in [0.5, 0.6) is 0 Å². The third-order valence-corrected chi connectivity index (χ3v) is 2.58. The minimum atomic E-state index is -4.34. The van der Waals surface area contributed by atoms with Crippen molar-refractivity contribution >= 4 is 5.82 Å². The highest BCUT2D eigenvalue weighted by molar-refractivity contribution is 5.50. The van der Waals surface area contributed by atoms with Crippen molar-refractivity contribution in [2.75, 3.05) is 5.32 Å². The lowest BCUT2D eigenvalue weighted by Crippen LogP contribution is -2.07. The summed E-state index contributed by atoms with van der Waals surface area (Å²) in [6, 6.07) is 8.22. The first-order valence-electron chi connectivity index (χ1n) is 5.62. The molecule has 0 fully saturated rings. The Morgan fingerprint density at radius 3 is 2.45 bits per heavy atom. The van der Waals surface area contributed by atoms with Gasteiger partial charge in [-0.15, -0.1) is 5.10 Å². The molecule has 1 N–H and O–H groups in total. The number of benzene rings is 1. The lowest BCUT2D eigenvalue weighted by Gasteiger charge is -2.09. The van der Waals surface area contributed by atoms with Crippen LogP contribution in [0.3, 0.4) is 0 Å². The van der Waals surface area contributed by atoms with E-state index in [1.165, 1.54) is 24.4 Å². The van der Waals surface area contributed by atoms with Gasteiger partial charge in [-0.2, -0.15) is 23.5 Å². The Balaban J connectivity index is 2.07. The summed E-state index contributed by atoms with van der Waals surface area (Å²) < 4.78 is 37.2. The molecule has 0 aliphatic carbocycles. The number of anilines is 1. The average Bonchev–Trinajstić information content (AvgIpc) is 2.45. The van der Waals surface area contributed by atoms with Crippen molar-refractivity contribution in [2.24, 2.45) is 0 Å². The number of alkyl halides is 3. The molecule has 1 aromatic heterocycles. The third kappa shape index (κ3) is 3.23. The maximum atomic E-state index is 12.4. The second-order valence-corrected chi connectivity index (χ2v) is 3.95. The molecule has 2 aromatic rings. The monoisotopic (exact) mass is 278 g/mol. The van der Waals surface area contributed by atoms with E-state index in [0.29, 0.717) is 16.9 Å². The molecule has 0 unspecified atom stereocenters. The maximum absolute atomic E-state index is 12.4. The van der Waals surface area contributed by atoms with Crippen LogP contribution in [0.15, 0.2) is 36.5 Å². The van der Waals surface area contributed by atoms with Crippen molar-refractivity contribution in [1.82, 2.24) is 10.2 Å². The smallest absolute Gasteiger partial charge is 0.363 e. The van der Waals surface area contributed by atoms with Gasteiger partial charge < -0.3 is 5.32 Å². The van der Waals surface area contributed by atoms with E-state index in [1.807, 2.05) is 6.07 Å². The Kier molecular flexibility index (Phi) is 3.84. The third-order valence-electron chi connectivity index (χ3n) is 2.58. The van der Waals surface area contributed by atoms with E-state index in [1.54, 1.807) is 0 Å². The molecule has 2 rings (SSSR count). The van der Waals surface area contributed by atoms with Gasteiger partial charge in [0.05, 0.1) is 17.3 Å². The fraction of sp³-hybridized carbons (Fsp3) is 0.154. The van der Waals surface area contributed by atoms with E-state index < -0.39 is 11.7 Å². The predicted molar refractivity (Wildman–Crippen MR) is 65.5 cm³/mol. The standard InChI is InChI=1S/C13H9F3N4/c14-13(15,16)11-3-1-9(2-4-11)8-18-12-10(7-17)5-6-19-20-12/h1-6H,8H2,(H,18,20). The molecule has 102 valence electrons. The van der Waals surface area contributed by atoms with Gasteiger partial charge in [-0.05, 0) is 23.8 Å². The summed E-state index contributed by atoms with van der Waals surface area (Å²) in [5, 5.41) is 19.1. The Labute approximate surface area is 112 Å². The van der Waals surface area contributed by atoms with Gasteiger partial charge in [0.1, 0.15) is 6.07 Å². The largest absolute Gasteiger partial charge is 0.416 e. The molecular formula is C13H9F3N4. The van der Waals surface area contributed by atoms with Crippen molar-refractivity contribution in [1.29, 1.82) is 5.26 Å². The van der Waals surface area contributed by atoms with Gasteiger partial charge in [0.25, 0.3) is 0 Å². The van der Waals surface area contributed by atoms with Crippen LogP contribution in [-0.4, -0.2) is 10.2 Å². The van der Waals surface area contributed by atoms with Crippen LogP contribution in [0.4, 0.5) is 19.0 Å². The van der Waals surface area contributed by atoms with Crippen molar-refractivity contribution < 1.29 is 13.2 Å². The zero-order valence-corrected chi connectivity index (χ0v) is 10.1. The predicted octanol–water partition coefficient (Wildman–Crippen LogP) is 2.98. The van der Waals surface area contributed by atoms with Gasteiger partial charge in [-0.3, -0.25) is 0 Å². The number of rotatable bonds is 3. The van der Waals surface area contributed by atoms with Crippen LogP contribution in [0.1, 0.15) is 16.7 Å². The normalized spacial score (nSPS) is 10.9. The van der Waals surface area contributed by atoms with Crippen LogP contribution in [-0.2, 0) is 12.7 Å². The Morgan fingerprint density at radius 1 is 1.15 bits per heavy atom. The van der Waals surface area contributed by atoms with E-state index in [2.05, 4.69) is 15.5 Å². The Morgan fingerprint density at radius 2 is 1.85 bits per heavy atom. The second-order valence-electron chi connectivity index (χ2n) is 3.95. The zero-order valence-electron chi connectivity index (χ0n) is 10.1. The lowest BCUT2D eigenvalue weighted by atomic mass is 10.1. The van der Waals surface area contributed by atoms with Gasteiger partial charge in [0.15, 0.2) is 5.82 Å². The topological polar surface area (TPSA) is 61.6 Å². The quantitative estimate of drug-likeness (QED) is 0.937. The summed E-state index contributed by atoms with van der Waals surface area (Å²) in [5.41, 5.74) is 0.276. The molecule has 7 heteroatoms. The summed E-state index contributed by atoms with van der Waals surface area (Å²) in [6.07, 6.45) is -2.95. The van der Waals surface area contributed by atoms with E-state index in [9.17, 15) is 13.2 Å². The van der Waals surface area contributed by atoms with E-state index in [-0.39, 0.29) is 6.54 Å². The molecule has 0 saturated heterocycles. The first kappa shape index (κ1) is 13.8. The molecule has 1 heterocycles. The SMILES string of the molecule is N#Cc1ccnnc1NCc1ccc(C(F)(F)F)cc1. The van der Waals surface area contributed by atoms with E-state index in [4.69, 9.17) is 5.26 Å². The van der Waals surface area contributed by atoms with Crippen LogP contribution < -0.4 is 5.32 Å². The van der Waals surface area contributed by atoms with Crippen molar-refractivity contribution in [3.05, 3.63) is 53.2 Å². The van der Waals surface area contributed by atoms with Crippen LogP contribution >= 0.6 is 0 Å². The molecule has 0 amide bonds.